The highest BCUT2D eigenvalue weighted by molar-refractivity contribution is 7.92. The summed E-state index contributed by atoms with van der Waals surface area (Å²) in [7, 11) is -3.81. The van der Waals surface area contributed by atoms with Gasteiger partial charge < -0.3 is 10.2 Å². The van der Waals surface area contributed by atoms with Gasteiger partial charge in [0, 0.05) is 12.6 Å². The quantitative estimate of drug-likeness (QED) is 0.412. The number of carbonyl (C=O) groups is 2. The molecule has 0 unspecified atom stereocenters. The highest BCUT2D eigenvalue weighted by Crippen LogP contribution is 2.29. The van der Waals surface area contributed by atoms with Gasteiger partial charge in [-0.25, -0.2) is 8.42 Å². The Balaban J connectivity index is 2.47. The fourth-order valence-corrected chi connectivity index (χ4v) is 4.87. The third kappa shape index (κ3) is 7.85. The number of hydrogen-bond donors (Lipinski definition) is 1. The van der Waals surface area contributed by atoms with Crippen molar-refractivity contribution in [3.05, 3.63) is 63.6 Å². The molecule has 2 aromatic rings. The number of carbonyl (C=O) groups excluding carboxylic acids is 2. The maximum absolute atomic E-state index is 13.7. The number of sulfonamides is 1. The van der Waals surface area contributed by atoms with E-state index in [0.717, 1.165) is 22.5 Å². The molecule has 0 saturated carbocycles. The monoisotopic (exact) mass is 555 g/mol. The number of rotatable bonds is 11. The summed E-state index contributed by atoms with van der Waals surface area (Å²) in [4.78, 5) is 28.0. The van der Waals surface area contributed by atoms with Crippen LogP contribution >= 0.6 is 23.2 Å². The van der Waals surface area contributed by atoms with Gasteiger partial charge in [0.15, 0.2) is 0 Å². The molecule has 0 heterocycles. The van der Waals surface area contributed by atoms with Crippen LogP contribution in [-0.4, -0.2) is 50.0 Å². The number of nitrogens with one attached hydrogen (secondary N) is 1. The molecule has 2 rings (SSSR count). The van der Waals surface area contributed by atoms with Crippen LogP contribution in [0.5, 0.6) is 0 Å². The summed E-state index contributed by atoms with van der Waals surface area (Å²) in [5.41, 5.74) is 1.90. The third-order valence-electron chi connectivity index (χ3n) is 6.01. The van der Waals surface area contributed by atoms with Gasteiger partial charge in [-0.05, 0) is 55.5 Å². The molecule has 2 atom stereocenters. The van der Waals surface area contributed by atoms with Gasteiger partial charge >= 0.3 is 0 Å². The predicted octanol–water partition coefficient (Wildman–Crippen LogP) is 5.21. The molecular formula is C26H35Cl2N3O4S. The Morgan fingerprint density at radius 3 is 2.19 bits per heavy atom. The van der Waals surface area contributed by atoms with Crippen molar-refractivity contribution in [1.82, 2.24) is 10.2 Å². The lowest BCUT2D eigenvalue weighted by molar-refractivity contribution is -0.139. The number of para-hydroxylation sites is 1. The summed E-state index contributed by atoms with van der Waals surface area (Å²) < 4.78 is 26.8. The van der Waals surface area contributed by atoms with Crippen LogP contribution in [0.25, 0.3) is 0 Å². The summed E-state index contributed by atoms with van der Waals surface area (Å²) >= 11 is 12.2. The van der Waals surface area contributed by atoms with E-state index in [4.69, 9.17) is 23.2 Å². The standard InChI is InChI=1S/C26H35Cl2N3O4S/c1-7-18(4)29-26(33)19(5)30(15-20-12-13-22(27)23(28)14-20)25(32)16-31(36(6,34)35)24-11-9-8-10-21(24)17(2)3/h8-14,17-19H,7,15-16H2,1-6H3,(H,29,33)/t18-,19+/m1/s1. The van der Waals surface area contributed by atoms with Gasteiger partial charge in [-0.3, -0.25) is 13.9 Å². The molecule has 0 aromatic heterocycles. The summed E-state index contributed by atoms with van der Waals surface area (Å²) in [5, 5.41) is 3.59. The molecule has 2 aromatic carbocycles. The van der Waals surface area contributed by atoms with Crippen LogP contribution in [0, 0.1) is 0 Å². The first kappa shape index (κ1) is 29.9. The highest BCUT2D eigenvalue weighted by Gasteiger charge is 2.31. The van der Waals surface area contributed by atoms with Gasteiger partial charge in [-0.1, -0.05) is 68.2 Å². The van der Waals surface area contributed by atoms with Crippen molar-refractivity contribution in [3.63, 3.8) is 0 Å². The van der Waals surface area contributed by atoms with Crippen LogP contribution < -0.4 is 9.62 Å². The highest BCUT2D eigenvalue weighted by atomic mass is 35.5. The van der Waals surface area contributed by atoms with E-state index >= 15 is 0 Å². The fraction of sp³-hybridized carbons (Fsp3) is 0.462. The largest absolute Gasteiger partial charge is 0.352 e. The molecule has 7 nitrogen and oxygen atoms in total. The van der Waals surface area contributed by atoms with Gasteiger partial charge in [-0.2, -0.15) is 0 Å². The van der Waals surface area contributed by atoms with E-state index in [1.165, 1.54) is 4.90 Å². The third-order valence-corrected chi connectivity index (χ3v) is 7.88. The molecule has 0 aliphatic heterocycles. The summed E-state index contributed by atoms with van der Waals surface area (Å²) in [5.74, 6) is -0.809. The minimum atomic E-state index is -3.81. The van der Waals surface area contributed by atoms with Crippen molar-refractivity contribution in [2.24, 2.45) is 0 Å². The molecular weight excluding hydrogens is 521 g/mol. The predicted molar refractivity (Wildman–Crippen MR) is 147 cm³/mol. The number of anilines is 1. The second-order valence-corrected chi connectivity index (χ2v) is 12.0. The number of halogens is 2. The van der Waals surface area contributed by atoms with E-state index in [1.807, 2.05) is 39.8 Å². The van der Waals surface area contributed by atoms with Crippen LogP contribution in [-0.2, 0) is 26.2 Å². The SMILES string of the molecule is CC[C@@H](C)NC(=O)[C@H](C)N(Cc1ccc(Cl)c(Cl)c1)C(=O)CN(c1ccccc1C(C)C)S(C)(=O)=O. The Hall–Kier alpha value is -2.29. The van der Waals surface area contributed by atoms with Crippen LogP contribution in [0.1, 0.15) is 58.1 Å². The molecule has 0 saturated heterocycles. The average molecular weight is 557 g/mol. The summed E-state index contributed by atoms with van der Waals surface area (Å²) in [6.07, 6.45) is 1.80. The molecule has 1 N–H and O–H groups in total. The molecule has 0 aliphatic carbocycles. The van der Waals surface area contributed by atoms with Crippen molar-refractivity contribution in [2.75, 3.05) is 17.1 Å². The van der Waals surface area contributed by atoms with Crippen molar-refractivity contribution in [3.8, 4) is 0 Å². The Bertz CT molecular complexity index is 1190. The van der Waals surface area contributed by atoms with Gasteiger partial charge in [0.2, 0.25) is 21.8 Å². The first-order chi connectivity index (χ1) is 16.8. The normalized spacial score (nSPS) is 13.2. The minimum Gasteiger partial charge on any atom is -0.352 e. The van der Waals surface area contributed by atoms with E-state index in [-0.39, 0.29) is 24.4 Å². The van der Waals surface area contributed by atoms with Crippen molar-refractivity contribution < 1.29 is 18.0 Å². The zero-order valence-corrected chi connectivity index (χ0v) is 23.9. The Morgan fingerprint density at radius 1 is 1.00 bits per heavy atom. The van der Waals surface area contributed by atoms with Crippen LogP contribution in [0.2, 0.25) is 10.0 Å². The maximum atomic E-state index is 13.7. The molecule has 0 radical (unpaired) electrons. The lowest BCUT2D eigenvalue weighted by atomic mass is 10.0. The van der Waals surface area contributed by atoms with Crippen LogP contribution in [0.15, 0.2) is 42.5 Å². The summed E-state index contributed by atoms with van der Waals surface area (Å²) in [6.45, 7) is 8.96. The molecule has 0 fully saturated rings. The molecule has 10 heteroatoms. The minimum absolute atomic E-state index is 0.0353. The van der Waals surface area contributed by atoms with Gasteiger partial charge in [0.05, 0.1) is 22.0 Å². The fourth-order valence-electron chi connectivity index (χ4n) is 3.68. The zero-order chi connectivity index (χ0) is 27.2. The van der Waals surface area contributed by atoms with Gasteiger partial charge in [0.25, 0.3) is 0 Å². The zero-order valence-electron chi connectivity index (χ0n) is 21.6. The second-order valence-electron chi connectivity index (χ2n) is 9.25. The van der Waals surface area contributed by atoms with Crippen molar-refractivity contribution in [2.45, 2.75) is 65.6 Å². The van der Waals surface area contributed by atoms with Gasteiger partial charge in [-0.15, -0.1) is 0 Å². The Kier molecular flexibility index (Phi) is 10.6. The van der Waals surface area contributed by atoms with Crippen LogP contribution in [0.4, 0.5) is 5.69 Å². The van der Waals surface area contributed by atoms with E-state index in [1.54, 1.807) is 37.3 Å². The molecule has 0 aliphatic rings. The Morgan fingerprint density at radius 2 is 1.64 bits per heavy atom. The molecule has 0 spiro atoms. The molecule has 198 valence electrons. The van der Waals surface area contributed by atoms with Crippen LogP contribution in [0.3, 0.4) is 0 Å². The average Bonchev–Trinajstić information content (AvgIpc) is 2.81. The number of benzene rings is 2. The first-order valence-corrected chi connectivity index (χ1v) is 14.5. The second kappa shape index (κ2) is 12.8. The lowest BCUT2D eigenvalue weighted by Crippen LogP contribution is -2.52. The van der Waals surface area contributed by atoms with E-state index in [2.05, 4.69) is 5.32 Å². The van der Waals surface area contributed by atoms with E-state index < -0.39 is 28.5 Å². The molecule has 2 amide bonds. The smallest absolute Gasteiger partial charge is 0.244 e. The maximum Gasteiger partial charge on any atom is 0.244 e. The number of amides is 2. The number of hydrogen-bond acceptors (Lipinski definition) is 4. The summed E-state index contributed by atoms with van der Waals surface area (Å²) in [6, 6.07) is 11.1. The number of nitrogens with zero attached hydrogens (tertiary/aromatic N) is 2. The lowest BCUT2D eigenvalue weighted by Gasteiger charge is -2.32. The van der Waals surface area contributed by atoms with E-state index in [0.29, 0.717) is 21.3 Å². The van der Waals surface area contributed by atoms with Crippen molar-refractivity contribution in [1.29, 1.82) is 0 Å². The Labute approximate surface area is 224 Å². The topological polar surface area (TPSA) is 86.8 Å². The van der Waals surface area contributed by atoms with Gasteiger partial charge in [0.1, 0.15) is 12.6 Å². The molecule has 36 heavy (non-hydrogen) atoms. The van der Waals surface area contributed by atoms with E-state index in [9.17, 15) is 18.0 Å². The first-order valence-electron chi connectivity index (χ1n) is 11.9. The van der Waals surface area contributed by atoms with Crippen molar-refractivity contribution >= 4 is 50.7 Å². The molecule has 0 bridgehead atoms.